The fourth-order valence-electron chi connectivity index (χ4n) is 8.59. The molecule has 6 atom stereocenters. The minimum atomic E-state index is -1.94. The van der Waals surface area contributed by atoms with Gasteiger partial charge in [-0.25, -0.2) is 4.79 Å². The number of aliphatic hydroxyl groups is 2. The zero-order chi connectivity index (χ0) is 60.3. The highest BCUT2D eigenvalue weighted by molar-refractivity contribution is 5.74. The number of carbonyl (C=O) groups is 4. The highest BCUT2D eigenvalue weighted by atomic mass is 16.7. The van der Waals surface area contributed by atoms with Crippen LogP contribution >= 0.6 is 0 Å². The third-order valence-electron chi connectivity index (χ3n) is 13.4. The van der Waals surface area contributed by atoms with Crippen molar-refractivity contribution in [3.05, 3.63) is 146 Å². The van der Waals surface area contributed by atoms with E-state index in [4.69, 9.17) is 23.7 Å². The first-order valence-electron chi connectivity index (χ1n) is 31.8. The SMILES string of the molecule is CC/C=C\C/C=C\C/C=C\C/C=C\C/C=C\C/C=C\CCC(=O)OC1C(OCC(COC(=O)CCCCC/C=C\C/C=C\C/C=C\C/C=C\C/C=C\CC)OC(=O)CCCCCCC/C=C\CCCCCCCC)OC(C(=O)O)C(O)C1O. The molecule has 0 bridgehead atoms. The quantitative estimate of drug-likeness (QED) is 0.0228. The van der Waals surface area contributed by atoms with E-state index >= 15 is 0 Å². The van der Waals surface area contributed by atoms with E-state index in [0.29, 0.717) is 25.7 Å². The molecule has 466 valence electrons. The van der Waals surface area contributed by atoms with Gasteiger partial charge >= 0.3 is 23.9 Å². The smallest absolute Gasteiger partial charge is 0.335 e. The van der Waals surface area contributed by atoms with Crippen LogP contribution in [0.5, 0.6) is 0 Å². The average molecular weight is 1160 g/mol. The van der Waals surface area contributed by atoms with Gasteiger partial charge in [-0.3, -0.25) is 14.4 Å². The van der Waals surface area contributed by atoms with Crippen molar-refractivity contribution in [2.24, 2.45) is 0 Å². The average Bonchev–Trinajstić information content (AvgIpc) is 3.60. The molecular weight excluding hydrogens is 1040 g/mol. The van der Waals surface area contributed by atoms with Gasteiger partial charge in [0.2, 0.25) is 0 Å². The summed E-state index contributed by atoms with van der Waals surface area (Å²) in [5, 5.41) is 31.6. The number of ether oxygens (including phenoxy) is 5. The van der Waals surface area contributed by atoms with Crippen LogP contribution in [-0.4, -0.2) is 89.2 Å². The Morgan fingerprint density at radius 1 is 0.410 bits per heavy atom. The number of carbonyl (C=O) groups excluding carboxylic acids is 3. The van der Waals surface area contributed by atoms with Crippen LogP contribution in [0.15, 0.2) is 146 Å². The topological polar surface area (TPSA) is 175 Å². The molecule has 12 nitrogen and oxygen atoms in total. The summed E-state index contributed by atoms with van der Waals surface area (Å²) in [6.07, 6.45) is 69.6. The van der Waals surface area contributed by atoms with Crippen LogP contribution in [0.1, 0.15) is 226 Å². The van der Waals surface area contributed by atoms with Crippen molar-refractivity contribution in [2.75, 3.05) is 13.2 Å². The van der Waals surface area contributed by atoms with Gasteiger partial charge in [-0.2, -0.15) is 0 Å². The maximum absolute atomic E-state index is 13.2. The van der Waals surface area contributed by atoms with Crippen molar-refractivity contribution in [2.45, 2.75) is 263 Å². The van der Waals surface area contributed by atoms with E-state index in [9.17, 15) is 34.5 Å². The highest BCUT2D eigenvalue weighted by Crippen LogP contribution is 2.26. The van der Waals surface area contributed by atoms with E-state index in [0.717, 1.165) is 122 Å². The van der Waals surface area contributed by atoms with Crippen molar-refractivity contribution in [3.8, 4) is 0 Å². The number of hydrogen-bond donors (Lipinski definition) is 3. The Morgan fingerprint density at radius 3 is 1.23 bits per heavy atom. The summed E-state index contributed by atoms with van der Waals surface area (Å²) in [4.78, 5) is 51.3. The Morgan fingerprint density at radius 2 is 0.783 bits per heavy atom. The lowest BCUT2D eigenvalue weighted by molar-refractivity contribution is -0.301. The molecule has 0 spiro atoms. The molecule has 1 rings (SSSR count). The van der Waals surface area contributed by atoms with Crippen LogP contribution in [-0.2, 0) is 42.9 Å². The van der Waals surface area contributed by atoms with E-state index in [1.807, 2.05) is 18.2 Å². The number of carboxylic acid groups (broad SMARTS) is 1. The molecule has 6 unspecified atom stereocenters. The number of rotatable bonds is 52. The molecule has 0 aromatic carbocycles. The van der Waals surface area contributed by atoms with E-state index in [-0.39, 0.29) is 25.9 Å². The molecule has 0 saturated carbocycles. The first kappa shape index (κ1) is 75.6. The van der Waals surface area contributed by atoms with Gasteiger partial charge in [0.25, 0.3) is 0 Å². The second kappa shape index (κ2) is 57.1. The number of allylic oxidation sites excluding steroid dienone is 24. The standard InChI is InChI=1S/C71H110O12/c1-4-7-10-13-16-19-22-25-28-30-32-34-37-39-42-45-48-51-54-57-63(72)79-60-62(81-64(73)58-55-52-49-46-43-40-36-27-24-21-18-15-12-9-6-3)61-80-71-69(67(76)66(75)68(83-71)70(77)78)82-65(74)59-56-53-50-47-44-41-38-35-33-31-29-26-23-20-17-14-11-8-5-2/h7-8,10-11,16-17,19-20,25-29,32-36,39,41-42,44,50,53,62,66-69,71,75-76H,4-6,9,12-15,18,21-24,30-31,37-38,40,43,45-49,51-52,54-61H2,1-3H3,(H,77,78)/b10-7-,11-8-,19-16-,20-17-,28-25-,29-26-,34-32-,35-33-,36-27-,42-39-,44-41-,53-50-. The van der Waals surface area contributed by atoms with Crippen LogP contribution in [0.2, 0.25) is 0 Å². The summed E-state index contributed by atoms with van der Waals surface area (Å²) in [5.41, 5.74) is 0. The van der Waals surface area contributed by atoms with Gasteiger partial charge in [-0.1, -0.05) is 224 Å². The van der Waals surface area contributed by atoms with Gasteiger partial charge in [0.15, 0.2) is 24.6 Å². The van der Waals surface area contributed by atoms with E-state index in [2.05, 4.69) is 148 Å². The molecule has 1 aliphatic rings. The monoisotopic (exact) mass is 1150 g/mol. The molecule has 3 N–H and O–H groups in total. The third kappa shape index (κ3) is 46.6. The van der Waals surface area contributed by atoms with Gasteiger partial charge in [-0.05, 0) is 128 Å². The minimum absolute atomic E-state index is 0.0769. The van der Waals surface area contributed by atoms with E-state index in [1.165, 1.54) is 38.5 Å². The maximum Gasteiger partial charge on any atom is 0.335 e. The summed E-state index contributed by atoms with van der Waals surface area (Å²) in [7, 11) is 0. The van der Waals surface area contributed by atoms with Crippen molar-refractivity contribution in [1.82, 2.24) is 0 Å². The summed E-state index contributed by atoms with van der Waals surface area (Å²) in [6, 6.07) is 0. The van der Waals surface area contributed by atoms with Crippen LogP contribution < -0.4 is 0 Å². The predicted octanol–water partition coefficient (Wildman–Crippen LogP) is 17.1. The predicted molar refractivity (Wildman–Crippen MR) is 339 cm³/mol. The zero-order valence-corrected chi connectivity index (χ0v) is 51.4. The second-order valence-electron chi connectivity index (χ2n) is 20.9. The van der Waals surface area contributed by atoms with Crippen molar-refractivity contribution in [1.29, 1.82) is 0 Å². The van der Waals surface area contributed by atoms with Gasteiger partial charge in [0.05, 0.1) is 6.61 Å². The van der Waals surface area contributed by atoms with Gasteiger partial charge in [0, 0.05) is 19.3 Å². The number of hydrogen-bond acceptors (Lipinski definition) is 11. The summed E-state index contributed by atoms with van der Waals surface area (Å²) in [5.74, 6) is -3.30. The Labute approximate surface area is 502 Å². The van der Waals surface area contributed by atoms with Crippen molar-refractivity contribution in [3.63, 3.8) is 0 Å². The number of unbranched alkanes of at least 4 members (excludes halogenated alkanes) is 14. The minimum Gasteiger partial charge on any atom is -0.479 e. The van der Waals surface area contributed by atoms with Crippen LogP contribution in [0.25, 0.3) is 0 Å². The molecular formula is C71H110O12. The fourth-order valence-corrected chi connectivity index (χ4v) is 8.59. The Balaban J connectivity index is 2.75. The lowest BCUT2D eigenvalue weighted by Gasteiger charge is -2.40. The Hall–Kier alpha value is -5.40. The number of aliphatic hydroxyl groups excluding tert-OH is 2. The van der Waals surface area contributed by atoms with E-state index < -0.39 is 67.3 Å². The Bertz CT molecular complexity index is 2000. The van der Waals surface area contributed by atoms with Crippen molar-refractivity contribution >= 4 is 23.9 Å². The second-order valence-corrected chi connectivity index (χ2v) is 20.9. The third-order valence-corrected chi connectivity index (χ3v) is 13.4. The summed E-state index contributed by atoms with van der Waals surface area (Å²) in [6.45, 7) is 5.69. The molecule has 0 radical (unpaired) electrons. The van der Waals surface area contributed by atoms with Crippen molar-refractivity contribution < 1.29 is 58.2 Å². The number of aliphatic carboxylic acids is 1. The molecule has 0 amide bonds. The summed E-state index contributed by atoms with van der Waals surface area (Å²) >= 11 is 0. The molecule has 0 aliphatic carbocycles. The first-order chi connectivity index (χ1) is 40.6. The zero-order valence-electron chi connectivity index (χ0n) is 51.4. The molecule has 1 aliphatic heterocycles. The van der Waals surface area contributed by atoms with Crippen LogP contribution in [0, 0.1) is 0 Å². The molecule has 1 heterocycles. The van der Waals surface area contributed by atoms with Gasteiger partial charge < -0.3 is 39.0 Å². The largest absolute Gasteiger partial charge is 0.479 e. The summed E-state index contributed by atoms with van der Waals surface area (Å²) < 4.78 is 28.4. The van der Waals surface area contributed by atoms with Gasteiger partial charge in [0.1, 0.15) is 18.8 Å². The molecule has 12 heteroatoms. The van der Waals surface area contributed by atoms with E-state index in [1.54, 1.807) is 0 Å². The normalized spacial score (nSPS) is 18.6. The fraction of sp³-hybridized carbons (Fsp3) is 0.606. The lowest BCUT2D eigenvalue weighted by atomic mass is 9.98. The number of esters is 3. The first-order valence-corrected chi connectivity index (χ1v) is 31.8. The molecule has 0 aromatic rings. The lowest BCUT2D eigenvalue weighted by Crippen LogP contribution is -2.61. The highest BCUT2D eigenvalue weighted by Gasteiger charge is 2.50. The molecule has 1 fully saturated rings. The van der Waals surface area contributed by atoms with Crippen LogP contribution in [0.3, 0.4) is 0 Å². The molecule has 0 aromatic heterocycles. The Kier molecular flexibility index (Phi) is 52.0. The molecule has 83 heavy (non-hydrogen) atoms. The number of carboxylic acids is 1. The van der Waals surface area contributed by atoms with Crippen LogP contribution in [0.4, 0.5) is 0 Å². The van der Waals surface area contributed by atoms with Gasteiger partial charge in [-0.15, -0.1) is 0 Å². The maximum atomic E-state index is 13.2. The molecule has 1 saturated heterocycles.